The van der Waals surface area contributed by atoms with Gasteiger partial charge in [0, 0.05) is 62.1 Å². The van der Waals surface area contributed by atoms with E-state index in [1.54, 1.807) is 22.3 Å². The SMILES string of the molecule is CCC(C)S(=O)(=O)N1CCC2(CC1)Cc1cc(-c3ccc(C(=O)N4CC[C@@H](O)C4)cc3)ncc1O2. The smallest absolute Gasteiger partial charge is 0.253 e. The van der Waals surface area contributed by atoms with Gasteiger partial charge in [0.25, 0.3) is 5.91 Å². The zero-order valence-corrected chi connectivity index (χ0v) is 21.1. The Morgan fingerprint density at radius 2 is 1.94 bits per heavy atom. The molecule has 8 nitrogen and oxygen atoms in total. The second kappa shape index (κ2) is 9.19. The van der Waals surface area contributed by atoms with Crippen LogP contribution >= 0.6 is 0 Å². The summed E-state index contributed by atoms with van der Waals surface area (Å²) >= 11 is 0. The van der Waals surface area contributed by atoms with Gasteiger partial charge in [0.2, 0.25) is 10.0 Å². The van der Waals surface area contributed by atoms with Crippen molar-refractivity contribution in [2.45, 2.75) is 62.9 Å². The van der Waals surface area contributed by atoms with Crippen molar-refractivity contribution in [3.63, 3.8) is 0 Å². The van der Waals surface area contributed by atoms with Crippen molar-refractivity contribution in [3.05, 3.63) is 47.7 Å². The van der Waals surface area contributed by atoms with Gasteiger partial charge in [-0.15, -0.1) is 0 Å². The minimum atomic E-state index is -3.26. The highest BCUT2D eigenvalue weighted by atomic mass is 32.2. The molecule has 0 aliphatic carbocycles. The van der Waals surface area contributed by atoms with Crippen molar-refractivity contribution < 1.29 is 23.1 Å². The number of pyridine rings is 1. The van der Waals surface area contributed by atoms with Crippen molar-refractivity contribution in [1.82, 2.24) is 14.2 Å². The van der Waals surface area contributed by atoms with Crippen LogP contribution in [0.4, 0.5) is 0 Å². The normalized spacial score (nSPS) is 22.7. The molecule has 2 atom stereocenters. The predicted molar refractivity (Wildman–Crippen MR) is 133 cm³/mol. The average molecular weight is 500 g/mol. The Bertz CT molecular complexity index is 1210. The van der Waals surface area contributed by atoms with Gasteiger partial charge in [-0.2, -0.15) is 0 Å². The molecule has 2 saturated heterocycles. The fourth-order valence-electron chi connectivity index (χ4n) is 5.27. The van der Waals surface area contributed by atoms with Gasteiger partial charge in [0.05, 0.1) is 23.2 Å². The number of fused-ring (bicyclic) bond motifs is 1. The fraction of sp³-hybridized carbons (Fsp3) is 0.538. The van der Waals surface area contributed by atoms with Gasteiger partial charge in [-0.3, -0.25) is 9.78 Å². The van der Waals surface area contributed by atoms with Crippen LogP contribution in [0.15, 0.2) is 36.5 Å². The van der Waals surface area contributed by atoms with Crippen molar-refractivity contribution >= 4 is 15.9 Å². The topological polar surface area (TPSA) is 100 Å². The van der Waals surface area contributed by atoms with Crippen LogP contribution in [0.5, 0.6) is 5.75 Å². The van der Waals surface area contributed by atoms with Crippen LogP contribution in [0.1, 0.15) is 55.5 Å². The first-order valence-electron chi connectivity index (χ1n) is 12.5. The second-order valence-corrected chi connectivity index (χ2v) is 12.4. The minimum absolute atomic E-state index is 0.0629. The summed E-state index contributed by atoms with van der Waals surface area (Å²) in [6.07, 6.45) is 4.61. The molecule has 0 bridgehead atoms. The number of benzene rings is 1. The molecule has 1 spiro atoms. The Hall–Kier alpha value is -2.49. The number of hydrogen-bond donors (Lipinski definition) is 1. The standard InChI is InChI=1S/C26H33N3O5S/c1-3-18(2)35(32,33)29-12-9-26(10-13-29)15-21-14-23(27-16-24(21)34-26)19-4-6-20(7-5-19)25(31)28-11-8-22(30)17-28/h4-7,14,16,18,22,30H,3,8-13,15,17H2,1-2H3/t18?,22-/m1/s1. The Morgan fingerprint density at radius 1 is 1.23 bits per heavy atom. The minimum Gasteiger partial charge on any atom is -0.485 e. The lowest BCUT2D eigenvalue weighted by Crippen LogP contribution is -2.50. The third kappa shape index (κ3) is 4.57. The monoisotopic (exact) mass is 499 g/mol. The van der Waals surface area contributed by atoms with Gasteiger partial charge in [-0.25, -0.2) is 12.7 Å². The number of aromatic nitrogens is 1. The zero-order valence-electron chi connectivity index (χ0n) is 20.3. The highest BCUT2D eigenvalue weighted by Crippen LogP contribution is 2.42. The molecular formula is C26H33N3O5S. The van der Waals surface area contributed by atoms with Crippen molar-refractivity contribution in [2.24, 2.45) is 0 Å². The van der Waals surface area contributed by atoms with Crippen LogP contribution in [0.25, 0.3) is 11.3 Å². The molecule has 0 saturated carbocycles. The molecule has 1 aromatic carbocycles. The van der Waals surface area contributed by atoms with E-state index in [4.69, 9.17) is 4.74 Å². The number of likely N-dealkylation sites (tertiary alicyclic amines) is 1. The molecule has 1 N–H and O–H groups in total. The quantitative estimate of drug-likeness (QED) is 0.679. The summed E-state index contributed by atoms with van der Waals surface area (Å²) in [5.74, 6) is 0.707. The number of amides is 1. The predicted octanol–water partition coefficient (Wildman–Crippen LogP) is 2.85. The highest BCUT2D eigenvalue weighted by molar-refractivity contribution is 7.89. The van der Waals surface area contributed by atoms with Crippen LogP contribution in [0.3, 0.4) is 0 Å². The van der Waals surface area contributed by atoms with Gasteiger partial charge in [0.15, 0.2) is 0 Å². The number of aliphatic hydroxyl groups excluding tert-OH is 1. The largest absolute Gasteiger partial charge is 0.485 e. The number of carbonyl (C=O) groups is 1. The molecule has 4 heterocycles. The van der Waals surface area contributed by atoms with Gasteiger partial charge in [0.1, 0.15) is 11.4 Å². The number of ether oxygens (including phenoxy) is 1. The van der Waals surface area contributed by atoms with Gasteiger partial charge < -0.3 is 14.7 Å². The Labute approximate surface area is 207 Å². The second-order valence-electron chi connectivity index (χ2n) is 10.1. The van der Waals surface area contributed by atoms with Crippen LogP contribution < -0.4 is 4.74 Å². The molecule has 2 aromatic rings. The summed E-state index contributed by atoms with van der Waals surface area (Å²) in [5.41, 5.74) is 3.04. The molecule has 9 heteroatoms. The molecule has 1 unspecified atom stereocenters. The third-order valence-electron chi connectivity index (χ3n) is 7.74. The van der Waals surface area contributed by atoms with Gasteiger partial charge in [-0.1, -0.05) is 19.1 Å². The molecule has 35 heavy (non-hydrogen) atoms. The summed E-state index contributed by atoms with van der Waals surface area (Å²) in [4.78, 5) is 18.9. The number of nitrogens with zero attached hydrogens (tertiary/aromatic N) is 3. The molecule has 2 fully saturated rings. The number of hydrogen-bond acceptors (Lipinski definition) is 6. The van der Waals surface area contributed by atoms with Crippen LogP contribution in [-0.4, -0.2) is 76.8 Å². The van der Waals surface area contributed by atoms with Crippen molar-refractivity contribution in [3.8, 4) is 17.0 Å². The van der Waals surface area contributed by atoms with E-state index < -0.39 is 16.1 Å². The van der Waals surface area contributed by atoms with E-state index in [-0.39, 0.29) is 16.8 Å². The first kappa shape index (κ1) is 24.2. The Morgan fingerprint density at radius 3 is 2.57 bits per heavy atom. The molecule has 1 amide bonds. The maximum atomic E-state index is 12.7. The Balaban J connectivity index is 1.26. The molecule has 5 rings (SSSR count). The number of piperidine rings is 1. The van der Waals surface area contributed by atoms with E-state index in [0.29, 0.717) is 57.4 Å². The van der Waals surface area contributed by atoms with Gasteiger partial charge >= 0.3 is 0 Å². The van der Waals surface area contributed by atoms with E-state index in [9.17, 15) is 18.3 Å². The number of carbonyl (C=O) groups excluding carboxylic acids is 1. The molecule has 0 radical (unpaired) electrons. The lowest BCUT2D eigenvalue weighted by atomic mass is 9.88. The van der Waals surface area contributed by atoms with E-state index in [0.717, 1.165) is 29.0 Å². The lowest BCUT2D eigenvalue weighted by molar-refractivity contribution is 0.0403. The third-order valence-corrected chi connectivity index (χ3v) is 10.2. The molecule has 188 valence electrons. The first-order chi connectivity index (χ1) is 16.7. The van der Waals surface area contributed by atoms with Crippen LogP contribution in [0, 0.1) is 0 Å². The highest BCUT2D eigenvalue weighted by Gasteiger charge is 2.45. The Kier molecular flexibility index (Phi) is 6.35. The maximum absolute atomic E-state index is 12.7. The van der Waals surface area contributed by atoms with Crippen molar-refractivity contribution in [2.75, 3.05) is 26.2 Å². The van der Waals surface area contributed by atoms with Gasteiger partial charge in [-0.05, 0) is 38.0 Å². The summed E-state index contributed by atoms with van der Waals surface area (Å²) in [6.45, 7) is 5.59. The molecule has 1 aromatic heterocycles. The number of rotatable bonds is 5. The molecular weight excluding hydrogens is 466 g/mol. The molecule has 3 aliphatic heterocycles. The number of sulfonamides is 1. The number of aliphatic hydroxyl groups is 1. The van der Waals surface area contributed by atoms with Crippen LogP contribution in [0.2, 0.25) is 0 Å². The van der Waals surface area contributed by atoms with Crippen molar-refractivity contribution in [1.29, 1.82) is 0 Å². The summed E-state index contributed by atoms with van der Waals surface area (Å²) in [7, 11) is -3.26. The van der Waals surface area contributed by atoms with E-state index in [1.807, 2.05) is 37.3 Å². The summed E-state index contributed by atoms with van der Waals surface area (Å²) in [6, 6.07) is 9.46. The lowest BCUT2D eigenvalue weighted by Gasteiger charge is -2.38. The number of β-amino-alcohol motifs (C(OH)–C–C–N with tert-alkyl or cyclic N) is 1. The summed E-state index contributed by atoms with van der Waals surface area (Å²) < 4.78 is 33.4. The summed E-state index contributed by atoms with van der Waals surface area (Å²) in [5, 5.41) is 9.33. The molecule has 3 aliphatic rings. The first-order valence-corrected chi connectivity index (χ1v) is 14.0. The fourth-order valence-corrected chi connectivity index (χ4v) is 6.90. The van der Waals surface area contributed by atoms with Crippen LogP contribution in [-0.2, 0) is 16.4 Å². The van der Waals surface area contributed by atoms with E-state index >= 15 is 0 Å². The maximum Gasteiger partial charge on any atom is 0.253 e. The average Bonchev–Trinajstić information content (AvgIpc) is 3.45. The van der Waals surface area contributed by atoms with E-state index in [2.05, 4.69) is 4.98 Å². The van der Waals surface area contributed by atoms with E-state index in [1.165, 1.54) is 0 Å². The zero-order chi connectivity index (χ0) is 24.8.